The van der Waals surface area contributed by atoms with Crippen molar-refractivity contribution in [3.8, 4) is 11.5 Å². The fourth-order valence-corrected chi connectivity index (χ4v) is 2.96. The van der Waals surface area contributed by atoms with Gasteiger partial charge in [0.1, 0.15) is 11.5 Å². The molecule has 134 valence electrons. The summed E-state index contributed by atoms with van der Waals surface area (Å²) in [7, 11) is 0. The largest absolute Gasteiger partial charge is 0.456 e. The lowest BCUT2D eigenvalue weighted by Gasteiger charge is -2.12. The second kappa shape index (κ2) is 7.33. The van der Waals surface area contributed by atoms with Crippen LogP contribution in [0.1, 0.15) is 11.3 Å². The fourth-order valence-electron chi connectivity index (χ4n) is 2.96. The van der Waals surface area contributed by atoms with E-state index in [-0.39, 0.29) is 5.56 Å². The number of aryl methyl sites for hydroxylation is 1. The lowest BCUT2D eigenvalue weighted by molar-refractivity contribution is 0.487. The van der Waals surface area contributed by atoms with Crippen molar-refractivity contribution in [3.63, 3.8) is 0 Å². The third-order valence-corrected chi connectivity index (χ3v) is 4.37. The Morgan fingerprint density at radius 3 is 2.81 bits per heavy atom. The van der Waals surface area contributed by atoms with E-state index in [1.807, 2.05) is 61.5 Å². The number of hydrogen-bond acceptors (Lipinski definition) is 4. The van der Waals surface area contributed by atoms with Crippen molar-refractivity contribution in [1.29, 1.82) is 0 Å². The van der Waals surface area contributed by atoms with E-state index in [2.05, 4.69) is 21.4 Å². The Morgan fingerprint density at radius 1 is 1.04 bits per heavy atom. The van der Waals surface area contributed by atoms with E-state index in [9.17, 15) is 4.79 Å². The van der Waals surface area contributed by atoms with Gasteiger partial charge in [-0.05, 0) is 42.8 Å². The first-order valence-electron chi connectivity index (χ1n) is 8.73. The van der Waals surface area contributed by atoms with Crippen molar-refractivity contribution < 1.29 is 4.74 Å². The molecule has 0 radical (unpaired) electrons. The standard InChI is InChI=1S/C22H19N3O2/c1-15-16(6-5-11-23-15)14-24-17-7-4-8-18(12-17)27-21-13-22(26)25-20-10-3-2-9-19(20)21/h2-13,24H,14H2,1H3,(H,25,26). The van der Waals surface area contributed by atoms with Crippen molar-refractivity contribution in [3.05, 3.63) is 94.5 Å². The Bertz CT molecular complexity index is 1150. The summed E-state index contributed by atoms with van der Waals surface area (Å²) in [4.78, 5) is 19.0. The second-order valence-electron chi connectivity index (χ2n) is 6.27. The molecular formula is C22H19N3O2. The summed E-state index contributed by atoms with van der Waals surface area (Å²) in [6.45, 7) is 2.67. The Hall–Kier alpha value is -3.60. The number of H-pyrrole nitrogens is 1. The van der Waals surface area contributed by atoms with Crippen LogP contribution in [0.5, 0.6) is 11.5 Å². The minimum Gasteiger partial charge on any atom is -0.456 e. The third-order valence-electron chi connectivity index (χ3n) is 4.37. The van der Waals surface area contributed by atoms with E-state index in [4.69, 9.17) is 4.74 Å². The van der Waals surface area contributed by atoms with Gasteiger partial charge in [-0.1, -0.05) is 24.3 Å². The third kappa shape index (κ3) is 3.82. The van der Waals surface area contributed by atoms with Crippen molar-refractivity contribution in [1.82, 2.24) is 9.97 Å². The van der Waals surface area contributed by atoms with Crippen LogP contribution in [-0.4, -0.2) is 9.97 Å². The molecule has 0 aliphatic heterocycles. The Kier molecular flexibility index (Phi) is 4.58. The molecule has 2 N–H and O–H groups in total. The maximum atomic E-state index is 11.9. The van der Waals surface area contributed by atoms with Crippen LogP contribution >= 0.6 is 0 Å². The van der Waals surface area contributed by atoms with Gasteiger partial charge in [0, 0.05) is 41.6 Å². The first-order chi connectivity index (χ1) is 13.2. The van der Waals surface area contributed by atoms with Crippen molar-refractivity contribution in [2.45, 2.75) is 13.5 Å². The lowest BCUT2D eigenvalue weighted by atomic mass is 10.2. The zero-order valence-corrected chi connectivity index (χ0v) is 14.9. The highest BCUT2D eigenvalue weighted by Crippen LogP contribution is 2.29. The minimum absolute atomic E-state index is 0.190. The molecule has 2 aromatic heterocycles. The summed E-state index contributed by atoms with van der Waals surface area (Å²) >= 11 is 0. The van der Waals surface area contributed by atoms with E-state index in [0.717, 1.165) is 27.8 Å². The van der Waals surface area contributed by atoms with Gasteiger partial charge in [0.2, 0.25) is 0 Å². The number of nitrogens with one attached hydrogen (secondary N) is 2. The molecule has 0 saturated carbocycles. The summed E-state index contributed by atoms with van der Waals surface area (Å²) in [5.74, 6) is 1.20. The number of fused-ring (bicyclic) bond motifs is 1. The number of aromatic amines is 1. The van der Waals surface area contributed by atoms with E-state index in [0.29, 0.717) is 18.0 Å². The van der Waals surface area contributed by atoms with Gasteiger partial charge in [0.05, 0.1) is 5.52 Å². The maximum Gasteiger partial charge on any atom is 0.252 e. The van der Waals surface area contributed by atoms with Gasteiger partial charge < -0.3 is 15.0 Å². The monoisotopic (exact) mass is 357 g/mol. The molecule has 4 aromatic rings. The Morgan fingerprint density at radius 2 is 1.93 bits per heavy atom. The molecule has 5 nitrogen and oxygen atoms in total. The normalized spacial score (nSPS) is 10.7. The summed E-state index contributed by atoms with van der Waals surface area (Å²) < 4.78 is 6.02. The van der Waals surface area contributed by atoms with Crippen LogP contribution in [0.15, 0.2) is 77.7 Å². The Labute approximate surface area is 156 Å². The molecule has 2 aromatic carbocycles. The first-order valence-corrected chi connectivity index (χ1v) is 8.73. The van der Waals surface area contributed by atoms with Gasteiger partial charge in [0.15, 0.2) is 0 Å². The highest BCUT2D eigenvalue weighted by molar-refractivity contribution is 5.84. The number of nitrogens with zero attached hydrogens (tertiary/aromatic N) is 1. The van der Waals surface area contributed by atoms with Gasteiger partial charge in [-0.3, -0.25) is 9.78 Å². The molecular weight excluding hydrogens is 338 g/mol. The van der Waals surface area contributed by atoms with Crippen LogP contribution in [0.3, 0.4) is 0 Å². The average Bonchev–Trinajstić information content (AvgIpc) is 2.67. The molecule has 0 fully saturated rings. The lowest BCUT2D eigenvalue weighted by Crippen LogP contribution is -2.05. The summed E-state index contributed by atoms with van der Waals surface area (Å²) in [6.07, 6.45) is 1.79. The van der Waals surface area contributed by atoms with E-state index < -0.39 is 0 Å². The summed E-state index contributed by atoms with van der Waals surface area (Å²) in [5, 5.41) is 4.25. The summed E-state index contributed by atoms with van der Waals surface area (Å²) in [6, 6.07) is 20.7. The highest BCUT2D eigenvalue weighted by Gasteiger charge is 2.06. The molecule has 0 amide bonds. The summed E-state index contributed by atoms with van der Waals surface area (Å²) in [5.41, 5.74) is 3.65. The number of pyridine rings is 2. The molecule has 0 saturated heterocycles. The van der Waals surface area contributed by atoms with Crippen molar-refractivity contribution in [2.75, 3.05) is 5.32 Å². The molecule has 2 heterocycles. The number of anilines is 1. The predicted molar refractivity (Wildman–Crippen MR) is 107 cm³/mol. The predicted octanol–water partition coefficient (Wildman–Crippen LogP) is 4.64. The van der Waals surface area contributed by atoms with Gasteiger partial charge in [-0.25, -0.2) is 0 Å². The van der Waals surface area contributed by atoms with E-state index in [1.54, 1.807) is 6.20 Å². The quantitative estimate of drug-likeness (QED) is 0.546. The second-order valence-corrected chi connectivity index (χ2v) is 6.27. The first kappa shape index (κ1) is 16.8. The van der Waals surface area contributed by atoms with Crippen LogP contribution < -0.4 is 15.6 Å². The maximum absolute atomic E-state index is 11.9. The molecule has 0 aliphatic rings. The smallest absolute Gasteiger partial charge is 0.252 e. The van der Waals surface area contributed by atoms with Crippen LogP contribution in [0.4, 0.5) is 5.69 Å². The molecule has 0 aliphatic carbocycles. The van der Waals surface area contributed by atoms with Crippen molar-refractivity contribution >= 4 is 16.6 Å². The van der Waals surface area contributed by atoms with Gasteiger partial charge >= 0.3 is 0 Å². The molecule has 0 atom stereocenters. The number of benzene rings is 2. The van der Waals surface area contributed by atoms with Crippen LogP contribution in [0.25, 0.3) is 10.9 Å². The minimum atomic E-state index is -0.190. The van der Waals surface area contributed by atoms with Crippen LogP contribution in [-0.2, 0) is 6.54 Å². The molecule has 0 spiro atoms. The molecule has 4 rings (SSSR count). The van der Waals surface area contributed by atoms with E-state index >= 15 is 0 Å². The van der Waals surface area contributed by atoms with Gasteiger partial charge in [-0.15, -0.1) is 0 Å². The molecule has 0 bridgehead atoms. The van der Waals surface area contributed by atoms with Gasteiger partial charge in [0.25, 0.3) is 5.56 Å². The zero-order valence-electron chi connectivity index (χ0n) is 14.9. The highest BCUT2D eigenvalue weighted by atomic mass is 16.5. The molecule has 5 heteroatoms. The number of aromatic nitrogens is 2. The topological polar surface area (TPSA) is 67.0 Å². The van der Waals surface area contributed by atoms with Crippen molar-refractivity contribution in [2.24, 2.45) is 0 Å². The van der Waals surface area contributed by atoms with E-state index in [1.165, 1.54) is 6.07 Å². The number of para-hydroxylation sites is 1. The molecule has 0 unspecified atom stereocenters. The number of ether oxygens (including phenoxy) is 1. The SMILES string of the molecule is Cc1ncccc1CNc1cccc(Oc2cc(=O)[nH]c3ccccc23)c1. The number of hydrogen-bond donors (Lipinski definition) is 2. The fraction of sp³-hybridized carbons (Fsp3) is 0.0909. The zero-order chi connectivity index (χ0) is 18.6. The molecule has 27 heavy (non-hydrogen) atoms. The average molecular weight is 357 g/mol. The number of rotatable bonds is 5. The Balaban J connectivity index is 1.57. The van der Waals surface area contributed by atoms with Gasteiger partial charge in [-0.2, -0.15) is 0 Å². The van der Waals surface area contributed by atoms with Crippen LogP contribution in [0.2, 0.25) is 0 Å². The van der Waals surface area contributed by atoms with Crippen LogP contribution in [0, 0.1) is 6.92 Å².